The van der Waals surface area contributed by atoms with Crippen molar-refractivity contribution < 1.29 is 9.90 Å². The number of pyridine rings is 1. The van der Waals surface area contributed by atoms with Crippen molar-refractivity contribution in [3.63, 3.8) is 0 Å². The molecule has 23 heavy (non-hydrogen) atoms. The molecule has 4 heteroatoms. The zero-order valence-electron chi connectivity index (χ0n) is 12.9. The van der Waals surface area contributed by atoms with Gasteiger partial charge in [-0.2, -0.15) is 0 Å². The molecule has 0 amide bonds. The van der Waals surface area contributed by atoms with Gasteiger partial charge in [0.25, 0.3) is 0 Å². The average Bonchev–Trinajstić information content (AvgIpc) is 2.49. The van der Waals surface area contributed by atoms with Crippen LogP contribution >= 0.6 is 11.6 Å². The minimum atomic E-state index is -0.845. The topological polar surface area (TPSA) is 50.2 Å². The second-order valence-electron chi connectivity index (χ2n) is 5.64. The smallest absolute Gasteiger partial charge is 0.307 e. The maximum absolute atomic E-state index is 11.3. The van der Waals surface area contributed by atoms with Crippen LogP contribution in [0.1, 0.15) is 16.8 Å². The molecule has 0 aliphatic heterocycles. The van der Waals surface area contributed by atoms with E-state index in [9.17, 15) is 9.90 Å². The van der Waals surface area contributed by atoms with Crippen molar-refractivity contribution in [3.05, 3.63) is 64.3 Å². The molecule has 1 N–H and O–H groups in total. The van der Waals surface area contributed by atoms with Crippen LogP contribution in [-0.2, 0) is 11.2 Å². The molecule has 3 nitrogen and oxygen atoms in total. The Labute approximate surface area is 139 Å². The summed E-state index contributed by atoms with van der Waals surface area (Å²) in [6.45, 7) is 3.88. The number of aromatic nitrogens is 1. The van der Waals surface area contributed by atoms with Crippen molar-refractivity contribution in [3.8, 4) is 11.1 Å². The highest BCUT2D eigenvalue weighted by Gasteiger charge is 2.16. The van der Waals surface area contributed by atoms with E-state index >= 15 is 0 Å². The van der Waals surface area contributed by atoms with Crippen LogP contribution in [0.3, 0.4) is 0 Å². The lowest BCUT2D eigenvalue weighted by atomic mass is 9.90. The summed E-state index contributed by atoms with van der Waals surface area (Å²) >= 11 is 5.99. The Hall–Kier alpha value is -2.39. The Morgan fingerprint density at radius 1 is 1.13 bits per heavy atom. The van der Waals surface area contributed by atoms with Crippen LogP contribution < -0.4 is 0 Å². The van der Waals surface area contributed by atoms with E-state index < -0.39 is 5.97 Å². The first-order valence-corrected chi connectivity index (χ1v) is 7.71. The molecule has 3 rings (SSSR count). The van der Waals surface area contributed by atoms with Crippen LogP contribution in [0.15, 0.2) is 42.5 Å². The number of hydrogen-bond acceptors (Lipinski definition) is 2. The summed E-state index contributed by atoms with van der Waals surface area (Å²) in [5.74, 6) is -0.845. The first-order chi connectivity index (χ1) is 11.0. The van der Waals surface area contributed by atoms with Gasteiger partial charge in [-0.05, 0) is 60.4 Å². The molecule has 0 fully saturated rings. The lowest BCUT2D eigenvalue weighted by molar-refractivity contribution is -0.136. The molecule has 0 radical (unpaired) electrons. The lowest BCUT2D eigenvalue weighted by Crippen LogP contribution is -2.05. The van der Waals surface area contributed by atoms with Gasteiger partial charge >= 0.3 is 5.97 Å². The molecular formula is C19H16ClNO2. The fourth-order valence-corrected chi connectivity index (χ4v) is 3.00. The second kappa shape index (κ2) is 6.01. The molecule has 0 unspecified atom stereocenters. The standard InChI is InChI=1S/C19H16ClNO2/c1-11-9-17-15(8-3-12(2)21-17)19(16(11)10-18(22)23)13-4-6-14(20)7-5-13/h3-9H,10H2,1-2H3,(H,22,23). The SMILES string of the molecule is Cc1ccc2c(-c3ccc(Cl)cc3)c(CC(=O)O)c(C)cc2n1. The minimum absolute atomic E-state index is 0.0202. The highest BCUT2D eigenvalue weighted by molar-refractivity contribution is 6.30. The number of halogens is 1. The molecule has 116 valence electrons. The Balaban J connectivity index is 2.37. The molecular weight excluding hydrogens is 310 g/mol. The number of benzene rings is 2. The van der Waals surface area contributed by atoms with E-state index in [1.807, 2.05) is 56.3 Å². The number of fused-ring (bicyclic) bond motifs is 1. The fourth-order valence-electron chi connectivity index (χ4n) is 2.88. The number of aryl methyl sites for hydroxylation is 2. The first kappa shape index (κ1) is 15.5. The fraction of sp³-hybridized carbons (Fsp3) is 0.158. The van der Waals surface area contributed by atoms with Crippen molar-refractivity contribution in [2.75, 3.05) is 0 Å². The monoisotopic (exact) mass is 325 g/mol. The summed E-state index contributed by atoms with van der Waals surface area (Å²) in [5, 5.41) is 10.9. The van der Waals surface area contributed by atoms with Crippen molar-refractivity contribution >= 4 is 28.5 Å². The molecule has 0 atom stereocenters. The van der Waals surface area contributed by atoms with Gasteiger partial charge in [0, 0.05) is 16.1 Å². The minimum Gasteiger partial charge on any atom is -0.481 e. The molecule has 3 aromatic rings. The van der Waals surface area contributed by atoms with Gasteiger partial charge in [0.2, 0.25) is 0 Å². The number of carboxylic acids is 1. The van der Waals surface area contributed by atoms with Crippen LogP contribution in [0.5, 0.6) is 0 Å². The Morgan fingerprint density at radius 2 is 1.83 bits per heavy atom. The van der Waals surface area contributed by atoms with Gasteiger partial charge in [0.15, 0.2) is 0 Å². The van der Waals surface area contributed by atoms with Gasteiger partial charge in [0.05, 0.1) is 11.9 Å². The molecule has 0 saturated carbocycles. The lowest BCUT2D eigenvalue weighted by Gasteiger charge is -2.15. The van der Waals surface area contributed by atoms with Gasteiger partial charge < -0.3 is 5.11 Å². The molecule has 0 bridgehead atoms. The van der Waals surface area contributed by atoms with E-state index in [1.54, 1.807) is 0 Å². The van der Waals surface area contributed by atoms with Crippen LogP contribution in [0.2, 0.25) is 5.02 Å². The third-order valence-corrected chi connectivity index (χ3v) is 4.18. The van der Waals surface area contributed by atoms with E-state index in [2.05, 4.69) is 4.98 Å². The van der Waals surface area contributed by atoms with Gasteiger partial charge in [-0.15, -0.1) is 0 Å². The van der Waals surface area contributed by atoms with E-state index in [0.29, 0.717) is 5.02 Å². The summed E-state index contributed by atoms with van der Waals surface area (Å²) in [6.07, 6.45) is -0.0202. The van der Waals surface area contributed by atoms with E-state index in [0.717, 1.165) is 38.9 Å². The second-order valence-corrected chi connectivity index (χ2v) is 6.08. The van der Waals surface area contributed by atoms with Gasteiger partial charge in [-0.25, -0.2) is 0 Å². The van der Waals surface area contributed by atoms with E-state index in [-0.39, 0.29) is 6.42 Å². The Morgan fingerprint density at radius 3 is 2.48 bits per heavy atom. The number of nitrogens with zero attached hydrogens (tertiary/aromatic N) is 1. The van der Waals surface area contributed by atoms with Crippen molar-refractivity contribution in [1.29, 1.82) is 0 Å². The molecule has 0 spiro atoms. The number of aliphatic carboxylic acids is 1. The Bertz CT molecular complexity index is 901. The number of rotatable bonds is 3. The predicted molar refractivity (Wildman–Crippen MR) is 93.0 cm³/mol. The Kier molecular flexibility index (Phi) is 4.05. The first-order valence-electron chi connectivity index (χ1n) is 7.33. The van der Waals surface area contributed by atoms with E-state index in [1.165, 1.54) is 0 Å². The largest absolute Gasteiger partial charge is 0.481 e. The third kappa shape index (κ3) is 3.06. The van der Waals surface area contributed by atoms with Crippen LogP contribution in [-0.4, -0.2) is 16.1 Å². The zero-order valence-corrected chi connectivity index (χ0v) is 13.7. The highest BCUT2D eigenvalue weighted by atomic mass is 35.5. The number of carbonyl (C=O) groups is 1. The summed E-state index contributed by atoms with van der Waals surface area (Å²) in [6, 6.07) is 13.4. The van der Waals surface area contributed by atoms with Gasteiger partial charge in [0.1, 0.15) is 0 Å². The van der Waals surface area contributed by atoms with Crippen molar-refractivity contribution in [2.24, 2.45) is 0 Å². The summed E-state index contributed by atoms with van der Waals surface area (Å²) in [7, 11) is 0. The van der Waals surface area contributed by atoms with E-state index in [4.69, 9.17) is 11.6 Å². The van der Waals surface area contributed by atoms with Crippen LogP contribution in [0.4, 0.5) is 0 Å². The summed E-state index contributed by atoms with van der Waals surface area (Å²) in [5.41, 5.74) is 5.43. The number of hydrogen-bond donors (Lipinski definition) is 1. The molecule has 0 aliphatic rings. The van der Waals surface area contributed by atoms with Crippen LogP contribution in [0, 0.1) is 13.8 Å². The molecule has 0 saturated heterocycles. The summed E-state index contributed by atoms with van der Waals surface area (Å²) < 4.78 is 0. The number of carboxylic acid groups (broad SMARTS) is 1. The molecule has 2 aromatic carbocycles. The molecule has 0 aliphatic carbocycles. The van der Waals surface area contributed by atoms with Crippen molar-refractivity contribution in [2.45, 2.75) is 20.3 Å². The molecule has 1 heterocycles. The van der Waals surface area contributed by atoms with Gasteiger partial charge in [-0.3, -0.25) is 9.78 Å². The predicted octanol–water partition coefficient (Wildman–Crippen LogP) is 4.80. The average molecular weight is 326 g/mol. The third-order valence-electron chi connectivity index (χ3n) is 3.93. The quantitative estimate of drug-likeness (QED) is 0.752. The van der Waals surface area contributed by atoms with Crippen molar-refractivity contribution in [1.82, 2.24) is 4.98 Å². The molecule has 1 aromatic heterocycles. The van der Waals surface area contributed by atoms with Gasteiger partial charge in [-0.1, -0.05) is 29.8 Å². The zero-order chi connectivity index (χ0) is 16.6. The maximum atomic E-state index is 11.3. The van der Waals surface area contributed by atoms with Crippen LogP contribution in [0.25, 0.3) is 22.0 Å². The normalized spacial score (nSPS) is 10.9. The summed E-state index contributed by atoms with van der Waals surface area (Å²) in [4.78, 5) is 15.9. The highest BCUT2D eigenvalue weighted by Crippen LogP contribution is 2.35. The maximum Gasteiger partial charge on any atom is 0.307 e.